The Hall–Kier alpha value is -2.46. The number of aliphatic carboxylic acids is 1. The fourth-order valence-corrected chi connectivity index (χ4v) is 3.47. The Morgan fingerprint density at radius 2 is 1.92 bits per heavy atom. The summed E-state index contributed by atoms with van der Waals surface area (Å²) in [4.78, 5) is 38.3. The summed E-state index contributed by atoms with van der Waals surface area (Å²) in [6.45, 7) is 3.55. The molecule has 0 bridgehead atoms. The molecule has 2 aromatic rings. The molecule has 9 nitrogen and oxygen atoms in total. The van der Waals surface area contributed by atoms with Gasteiger partial charge in [0.05, 0.1) is 15.8 Å². The Morgan fingerprint density at radius 3 is 2.50 bits per heavy atom. The quantitative estimate of drug-likeness (QED) is 0.573. The highest BCUT2D eigenvalue weighted by Crippen LogP contribution is 2.16. The molecule has 4 N–H and O–H groups in total. The lowest BCUT2D eigenvalue weighted by Gasteiger charge is -2.16. The number of benzene rings is 1. The summed E-state index contributed by atoms with van der Waals surface area (Å²) >= 11 is 0. The van der Waals surface area contributed by atoms with E-state index in [1.807, 2.05) is 4.98 Å². The summed E-state index contributed by atoms with van der Waals surface area (Å²) in [5, 5.41) is 9.14. The zero-order valence-electron chi connectivity index (χ0n) is 13.0. The van der Waals surface area contributed by atoms with E-state index in [1.165, 1.54) is 12.1 Å². The first-order valence-corrected chi connectivity index (χ1v) is 8.60. The molecule has 2 rings (SSSR count). The highest BCUT2D eigenvalue weighted by atomic mass is 32.2. The fourth-order valence-electron chi connectivity index (χ4n) is 2.24. The van der Waals surface area contributed by atoms with Crippen molar-refractivity contribution >= 4 is 26.9 Å². The largest absolute Gasteiger partial charge is 0.480 e. The van der Waals surface area contributed by atoms with Crippen molar-refractivity contribution in [3.8, 4) is 0 Å². The second-order valence-corrected chi connectivity index (χ2v) is 7.47. The Bertz CT molecular complexity index is 989. The zero-order valence-corrected chi connectivity index (χ0v) is 13.8. The molecule has 0 aliphatic rings. The molecular formula is C14H17N3O6S. The Morgan fingerprint density at radius 1 is 1.25 bits per heavy atom. The molecular weight excluding hydrogens is 338 g/mol. The van der Waals surface area contributed by atoms with Crippen molar-refractivity contribution < 1.29 is 18.3 Å². The van der Waals surface area contributed by atoms with Crippen LogP contribution in [0.4, 0.5) is 0 Å². The summed E-state index contributed by atoms with van der Waals surface area (Å²) in [7, 11) is -4.14. The van der Waals surface area contributed by atoms with Crippen LogP contribution in [0.15, 0.2) is 32.7 Å². The van der Waals surface area contributed by atoms with Crippen LogP contribution in [0.1, 0.15) is 20.3 Å². The van der Waals surface area contributed by atoms with Gasteiger partial charge in [-0.2, -0.15) is 4.72 Å². The lowest BCUT2D eigenvalue weighted by atomic mass is 10.1. The number of carbonyl (C=O) groups is 1. The van der Waals surface area contributed by atoms with Crippen LogP contribution >= 0.6 is 0 Å². The van der Waals surface area contributed by atoms with Gasteiger partial charge in [0.1, 0.15) is 6.04 Å². The van der Waals surface area contributed by atoms with Crippen LogP contribution < -0.4 is 16.0 Å². The highest BCUT2D eigenvalue weighted by molar-refractivity contribution is 7.89. The van der Waals surface area contributed by atoms with Gasteiger partial charge in [-0.15, -0.1) is 0 Å². The summed E-state index contributed by atoms with van der Waals surface area (Å²) < 4.78 is 26.9. The Kier molecular flexibility index (Phi) is 4.90. The van der Waals surface area contributed by atoms with E-state index in [0.29, 0.717) is 0 Å². The number of fused-ring (bicyclic) bond motifs is 1. The van der Waals surface area contributed by atoms with Crippen molar-refractivity contribution in [1.82, 2.24) is 14.7 Å². The molecule has 0 saturated carbocycles. The number of carboxylic acid groups (broad SMARTS) is 1. The SMILES string of the molecule is CC(C)CC(NS(=O)(=O)c1ccc2[nH]c(=O)[nH]c(=O)c2c1)C(=O)O. The third kappa shape index (κ3) is 3.89. The van der Waals surface area contributed by atoms with E-state index in [2.05, 4.69) is 9.71 Å². The summed E-state index contributed by atoms with van der Waals surface area (Å²) in [5.41, 5.74) is -1.26. The van der Waals surface area contributed by atoms with Gasteiger partial charge in [-0.25, -0.2) is 13.2 Å². The Balaban J connectivity index is 2.45. The molecule has 0 amide bonds. The third-order valence-electron chi connectivity index (χ3n) is 3.32. The predicted molar refractivity (Wildman–Crippen MR) is 86.4 cm³/mol. The van der Waals surface area contributed by atoms with Crippen LogP contribution in [0.2, 0.25) is 0 Å². The van der Waals surface area contributed by atoms with E-state index in [4.69, 9.17) is 5.11 Å². The molecule has 0 spiro atoms. The maximum absolute atomic E-state index is 12.4. The first kappa shape index (κ1) is 17.9. The van der Waals surface area contributed by atoms with Crippen LogP contribution in [0.5, 0.6) is 0 Å². The lowest BCUT2D eigenvalue weighted by molar-refractivity contribution is -0.139. The number of aromatic amines is 2. The average Bonchev–Trinajstić information content (AvgIpc) is 2.45. The normalized spacial score (nSPS) is 13.3. The van der Waals surface area contributed by atoms with Crippen molar-refractivity contribution in [2.24, 2.45) is 5.92 Å². The van der Waals surface area contributed by atoms with Crippen LogP contribution in [0, 0.1) is 5.92 Å². The molecule has 1 unspecified atom stereocenters. The number of nitrogens with one attached hydrogen (secondary N) is 3. The average molecular weight is 355 g/mol. The van der Waals surface area contributed by atoms with Crippen LogP contribution in [0.25, 0.3) is 10.9 Å². The molecule has 0 fully saturated rings. The minimum atomic E-state index is -4.14. The number of sulfonamides is 1. The number of carboxylic acids is 1. The highest BCUT2D eigenvalue weighted by Gasteiger charge is 2.26. The molecule has 130 valence electrons. The van der Waals surface area contributed by atoms with E-state index in [-0.39, 0.29) is 28.1 Å². The second-order valence-electron chi connectivity index (χ2n) is 5.76. The molecule has 0 aliphatic carbocycles. The van der Waals surface area contributed by atoms with Gasteiger partial charge < -0.3 is 10.1 Å². The van der Waals surface area contributed by atoms with Crippen molar-refractivity contribution in [1.29, 1.82) is 0 Å². The number of aromatic nitrogens is 2. The van der Waals surface area contributed by atoms with Gasteiger partial charge in [0, 0.05) is 0 Å². The minimum absolute atomic E-state index is 0.0202. The number of hydrogen-bond acceptors (Lipinski definition) is 5. The monoisotopic (exact) mass is 355 g/mol. The van der Waals surface area contributed by atoms with Crippen molar-refractivity contribution in [3.63, 3.8) is 0 Å². The predicted octanol–water partition coefficient (Wildman–Crippen LogP) is -0.00600. The standard InChI is InChI=1S/C14H17N3O6S/c1-7(2)5-11(13(19)20)17-24(22,23)8-3-4-10-9(6-8)12(18)16-14(21)15-10/h3-4,6-7,11,17H,5H2,1-2H3,(H,19,20)(H2,15,16,18,21). The van der Waals surface area contributed by atoms with Gasteiger partial charge in [-0.3, -0.25) is 14.6 Å². The molecule has 24 heavy (non-hydrogen) atoms. The van der Waals surface area contributed by atoms with E-state index >= 15 is 0 Å². The van der Waals surface area contributed by atoms with E-state index in [1.54, 1.807) is 13.8 Å². The van der Waals surface area contributed by atoms with Crippen LogP contribution in [-0.2, 0) is 14.8 Å². The molecule has 1 aromatic carbocycles. The van der Waals surface area contributed by atoms with Crippen molar-refractivity contribution in [3.05, 3.63) is 39.0 Å². The number of rotatable bonds is 6. The number of H-pyrrole nitrogens is 2. The molecule has 10 heteroatoms. The fraction of sp³-hybridized carbons (Fsp3) is 0.357. The van der Waals surface area contributed by atoms with Gasteiger partial charge >= 0.3 is 11.7 Å². The molecule has 1 atom stereocenters. The maximum Gasteiger partial charge on any atom is 0.326 e. The Labute approximate surface area is 136 Å². The number of hydrogen-bond donors (Lipinski definition) is 4. The third-order valence-corrected chi connectivity index (χ3v) is 4.79. The van der Waals surface area contributed by atoms with Crippen LogP contribution in [-0.4, -0.2) is 35.5 Å². The summed E-state index contributed by atoms with van der Waals surface area (Å²) in [6, 6.07) is 2.27. The summed E-state index contributed by atoms with van der Waals surface area (Å²) in [5.74, 6) is -1.31. The molecule has 0 saturated heterocycles. The van der Waals surface area contributed by atoms with E-state index < -0.39 is 33.3 Å². The topological polar surface area (TPSA) is 149 Å². The van der Waals surface area contributed by atoms with Crippen molar-refractivity contribution in [2.75, 3.05) is 0 Å². The maximum atomic E-state index is 12.4. The smallest absolute Gasteiger partial charge is 0.326 e. The first-order chi connectivity index (χ1) is 11.1. The molecule has 0 radical (unpaired) electrons. The molecule has 1 aromatic heterocycles. The van der Waals surface area contributed by atoms with Crippen LogP contribution in [0.3, 0.4) is 0 Å². The van der Waals surface area contributed by atoms with Gasteiger partial charge in [0.15, 0.2) is 0 Å². The first-order valence-electron chi connectivity index (χ1n) is 7.11. The van der Waals surface area contributed by atoms with Gasteiger partial charge in [-0.05, 0) is 30.5 Å². The van der Waals surface area contributed by atoms with Gasteiger partial charge in [-0.1, -0.05) is 13.8 Å². The second kappa shape index (κ2) is 6.57. The lowest BCUT2D eigenvalue weighted by Crippen LogP contribution is -2.41. The van der Waals surface area contributed by atoms with E-state index in [9.17, 15) is 22.8 Å². The summed E-state index contributed by atoms with van der Waals surface area (Å²) in [6.07, 6.45) is 0.121. The van der Waals surface area contributed by atoms with E-state index in [0.717, 1.165) is 6.07 Å². The van der Waals surface area contributed by atoms with Gasteiger partial charge in [0.2, 0.25) is 10.0 Å². The van der Waals surface area contributed by atoms with Gasteiger partial charge in [0.25, 0.3) is 5.56 Å². The molecule has 1 heterocycles. The zero-order chi connectivity index (χ0) is 18.1. The van der Waals surface area contributed by atoms with Crippen molar-refractivity contribution in [2.45, 2.75) is 31.2 Å². The minimum Gasteiger partial charge on any atom is -0.480 e. The molecule has 0 aliphatic heterocycles.